The fourth-order valence-corrected chi connectivity index (χ4v) is 2.27. The second-order valence-corrected chi connectivity index (χ2v) is 6.50. The Balaban J connectivity index is 1.87. The molecule has 0 atom stereocenters. The van der Waals surface area contributed by atoms with Crippen LogP contribution in [0.5, 0.6) is 0 Å². The molecule has 5 nitrogen and oxygen atoms in total. The lowest BCUT2D eigenvalue weighted by molar-refractivity contribution is 0.00578. The van der Waals surface area contributed by atoms with Gasteiger partial charge in [-0.05, 0) is 39.8 Å². The fraction of sp³-hybridized carbons (Fsp3) is 0.429. The Kier molecular flexibility index (Phi) is 3.35. The summed E-state index contributed by atoms with van der Waals surface area (Å²) in [6.07, 6.45) is 3.50. The molecule has 0 radical (unpaired) electrons. The van der Waals surface area contributed by atoms with Crippen LogP contribution in [0.15, 0.2) is 30.6 Å². The van der Waals surface area contributed by atoms with Gasteiger partial charge in [-0.2, -0.15) is 5.10 Å². The third-order valence-corrected chi connectivity index (χ3v) is 4.29. The molecule has 0 unspecified atom stereocenters. The number of hydrogen-bond acceptors (Lipinski definition) is 4. The van der Waals surface area contributed by atoms with Gasteiger partial charge in [0.05, 0.1) is 22.5 Å². The van der Waals surface area contributed by atoms with Crippen LogP contribution in [0.1, 0.15) is 27.7 Å². The number of rotatable bonds is 2. The summed E-state index contributed by atoms with van der Waals surface area (Å²) in [6.45, 7) is 8.08. The van der Waals surface area contributed by atoms with E-state index < -0.39 is 7.12 Å². The minimum Gasteiger partial charge on any atom is -0.398 e. The SMILES string of the molecule is CC1(C)OB(c2ccn(-c3ccnc(Cl)c3)n2)OC1(C)C. The van der Waals surface area contributed by atoms with Crippen molar-refractivity contribution in [2.45, 2.75) is 38.9 Å². The van der Waals surface area contributed by atoms with Crippen LogP contribution in [-0.4, -0.2) is 33.1 Å². The van der Waals surface area contributed by atoms with Gasteiger partial charge in [0.15, 0.2) is 0 Å². The second-order valence-electron chi connectivity index (χ2n) is 6.11. The summed E-state index contributed by atoms with van der Waals surface area (Å²) in [7, 11) is -0.464. The van der Waals surface area contributed by atoms with Gasteiger partial charge < -0.3 is 9.31 Å². The molecule has 7 heteroatoms. The Morgan fingerprint density at radius 1 is 1.14 bits per heavy atom. The molecular formula is C14H17BClN3O2. The topological polar surface area (TPSA) is 49.2 Å². The van der Waals surface area contributed by atoms with Crippen LogP contribution >= 0.6 is 11.6 Å². The molecule has 0 spiro atoms. The van der Waals surface area contributed by atoms with Crippen LogP contribution in [-0.2, 0) is 9.31 Å². The van der Waals surface area contributed by atoms with Gasteiger partial charge in [0, 0.05) is 18.5 Å². The highest BCUT2D eigenvalue weighted by atomic mass is 35.5. The van der Waals surface area contributed by atoms with Crippen molar-refractivity contribution < 1.29 is 9.31 Å². The molecule has 0 aromatic carbocycles. The van der Waals surface area contributed by atoms with E-state index in [4.69, 9.17) is 20.9 Å². The molecule has 1 aliphatic rings. The minimum absolute atomic E-state index is 0.374. The van der Waals surface area contributed by atoms with Gasteiger partial charge in [-0.1, -0.05) is 11.6 Å². The lowest BCUT2D eigenvalue weighted by atomic mass is 9.85. The Morgan fingerprint density at radius 3 is 2.43 bits per heavy atom. The van der Waals surface area contributed by atoms with Crippen LogP contribution in [0.4, 0.5) is 0 Å². The summed E-state index contributed by atoms with van der Waals surface area (Å²) in [5.74, 6) is 0. The Labute approximate surface area is 129 Å². The average molecular weight is 306 g/mol. The lowest BCUT2D eigenvalue weighted by Gasteiger charge is -2.32. The first-order valence-electron chi connectivity index (χ1n) is 6.82. The van der Waals surface area contributed by atoms with Gasteiger partial charge in [0.25, 0.3) is 0 Å². The van der Waals surface area contributed by atoms with E-state index in [0.717, 1.165) is 11.3 Å². The molecule has 2 aromatic rings. The van der Waals surface area contributed by atoms with Gasteiger partial charge in [-0.15, -0.1) is 0 Å². The number of nitrogens with zero attached hydrogens (tertiary/aromatic N) is 3. The highest BCUT2D eigenvalue weighted by Crippen LogP contribution is 2.36. The van der Waals surface area contributed by atoms with Crippen molar-refractivity contribution in [2.24, 2.45) is 0 Å². The molecule has 2 aromatic heterocycles. The van der Waals surface area contributed by atoms with Gasteiger partial charge >= 0.3 is 7.12 Å². The first-order valence-corrected chi connectivity index (χ1v) is 7.19. The average Bonchev–Trinajstić information content (AvgIpc) is 2.93. The van der Waals surface area contributed by atoms with E-state index in [-0.39, 0.29) is 11.2 Å². The van der Waals surface area contributed by atoms with Gasteiger partial charge in [-0.25, -0.2) is 9.67 Å². The molecule has 1 fully saturated rings. The number of aromatic nitrogens is 3. The monoisotopic (exact) mass is 305 g/mol. The highest BCUT2D eigenvalue weighted by Gasteiger charge is 2.52. The van der Waals surface area contributed by atoms with Gasteiger partial charge in [-0.3, -0.25) is 0 Å². The summed E-state index contributed by atoms with van der Waals surface area (Å²) in [5.41, 5.74) is 0.836. The summed E-state index contributed by atoms with van der Waals surface area (Å²) < 4.78 is 13.7. The molecule has 1 saturated heterocycles. The van der Waals surface area contributed by atoms with Crippen molar-refractivity contribution in [3.05, 3.63) is 35.7 Å². The predicted molar refractivity (Wildman–Crippen MR) is 82.1 cm³/mol. The Morgan fingerprint density at radius 2 is 1.81 bits per heavy atom. The van der Waals surface area contributed by atoms with E-state index in [1.807, 2.05) is 46.0 Å². The maximum Gasteiger partial charge on any atom is 0.516 e. The summed E-state index contributed by atoms with van der Waals surface area (Å²) >= 11 is 5.90. The first-order chi connectivity index (χ1) is 9.78. The lowest BCUT2D eigenvalue weighted by Crippen LogP contribution is -2.41. The number of pyridine rings is 1. The first kappa shape index (κ1) is 14.6. The van der Waals surface area contributed by atoms with E-state index in [0.29, 0.717) is 5.15 Å². The van der Waals surface area contributed by atoms with E-state index in [9.17, 15) is 0 Å². The number of hydrogen-bond donors (Lipinski definition) is 0. The quantitative estimate of drug-likeness (QED) is 0.630. The molecule has 0 bridgehead atoms. The van der Waals surface area contributed by atoms with Crippen LogP contribution in [0.25, 0.3) is 5.69 Å². The Bertz CT molecular complexity index is 656. The zero-order valence-electron chi connectivity index (χ0n) is 12.5. The van der Waals surface area contributed by atoms with Crippen LogP contribution in [0.2, 0.25) is 5.15 Å². The summed E-state index contributed by atoms with van der Waals surface area (Å²) in [6, 6.07) is 5.48. The van der Waals surface area contributed by atoms with Gasteiger partial charge in [0.2, 0.25) is 0 Å². The van der Waals surface area contributed by atoms with Crippen molar-refractivity contribution in [1.29, 1.82) is 0 Å². The fourth-order valence-electron chi connectivity index (χ4n) is 2.11. The highest BCUT2D eigenvalue weighted by molar-refractivity contribution is 6.61. The molecule has 3 rings (SSSR count). The van der Waals surface area contributed by atoms with E-state index in [1.54, 1.807) is 16.9 Å². The zero-order chi connectivity index (χ0) is 15.3. The number of halogens is 1. The minimum atomic E-state index is -0.464. The van der Waals surface area contributed by atoms with Crippen LogP contribution < -0.4 is 5.59 Å². The molecule has 0 saturated carbocycles. The molecule has 3 heterocycles. The van der Waals surface area contributed by atoms with E-state index in [2.05, 4.69) is 10.1 Å². The van der Waals surface area contributed by atoms with Crippen molar-refractivity contribution in [3.63, 3.8) is 0 Å². The third-order valence-electron chi connectivity index (χ3n) is 4.08. The normalized spacial score (nSPS) is 20.0. The van der Waals surface area contributed by atoms with E-state index >= 15 is 0 Å². The molecular weight excluding hydrogens is 288 g/mol. The van der Waals surface area contributed by atoms with Crippen LogP contribution in [0, 0.1) is 0 Å². The maximum absolute atomic E-state index is 5.99. The molecule has 110 valence electrons. The third kappa shape index (κ3) is 2.59. The summed E-state index contributed by atoms with van der Waals surface area (Å²) in [4.78, 5) is 3.96. The van der Waals surface area contributed by atoms with Crippen LogP contribution in [0.3, 0.4) is 0 Å². The molecule has 0 N–H and O–H groups in total. The van der Waals surface area contributed by atoms with E-state index in [1.165, 1.54) is 0 Å². The van der Waals surface area contributed by atoms with Crippen molar-refractivity contribution in [1.82, 2.24) is 14.8 Å². The standard InChI is InChI=1S/C14H17BClN3O2/c1-13(2)14(3,4)21-15(20-13)11-6-8-19(18-11)10-5-7-17-12(16)9-10/h5-9H,1-4H3. The van der Waals surface area contributed by atoms with Gasteiger partial charge in [0.1, 0.15) is 5.15 Å². The zero-order valence-corrected chi connectivity index (χ0v) is 13.3. The Hall–Kier alpha value is -1.37. The smallest absolute Gasteiger partial charge is 0.398 e. The van der Waals surface area contributed by atoms with Crippen molar-refractivity contribution in [2.75, 3.05) is 0 Å². The van der Waals surface area contributed by atoms with Crippen molar-refractivity contribution >= 4 is 24.3 Å². The second kappa shape index (κ2) is 4.83. The van der Waals surface area contributed by atoms with Crippen molar-refractivity contribution in [3.8, 4) is 5.69 Å². The summed E-state index contributed by atoms with van der Waals surface area (Å²) in [5, 5.41) is 4.95. The molecule has 1 aliphatic heterocycles. The molecule has 0 aliphatic carbocycles. The molecule has 0 amide bonds. The predicted octanol–water partition coefficient (Wildman–Crippen LogP) is 2.22. The maximum atomic E-state index is 5.99. The molecule has 21 heavy (non-hydrogen) atoms. The largest absolute Gasteiger partial charge is 0.516 e.